The fraction of sp³-hybridized carbons (Fsp3) is 0.200. The Hall–Kier alpha value is -1.68. The second-order valence-electron chi connectivity index (χ2n) is 2.73. The van der Waals surface area contributed by atoms with E-state index in [1.54, 1.807) is 18.2 Å². The van der Waals surface area contributed by atoms with Gasteiger partial charge in [0.15, 0.2) is 11.5 Å². The largest absolute Gasteiger partial charge is 0.504 e. The van der Waals surface area contributed by atoms with Gasteiger partial charge in [-0.05, 0) is 17.7 Å². The first kappa shape index (κ1) is 10.4. The molecule has 14 heavy (non-hydrogen) atoms. The summed E-state index contributed by atoms with van der Waals surface area (Å²) in [5.74, 6) is -0.222. The lowest BCUT2D eigenvalue weighted by Gasteiger charge is -2.06. The van der Waals surface area contributed by atoms with Crippen molar-refractivity contribution in [2.75, 3.05) is 13.7 Å². The third kappa shape index (κ3) is 2.17. The highest BCUT2D eigenvalue weighted by Gasteiger charge is 2.07. The Labute approximate surface area is 82.2 Å². The number of aromatic hydroxyl groups is 2. The maximum Gasteiger partial charge on any atom is 0.200 e. The van der Waals surface area contributed by atoms with Crippen molar-refractivity contribution >= 4 is 6.08 Å². The van der Waals surface area contributed by atoms with E-state index in [0.717, 1.165) is 5.56 Å². The maximum absolute atomic E-state index is 9.32. The van der Waals surface area contributed by atoms with E-state index in [4.69, 9.17) is 10.5 Å². The van der Waals surface area contributed by atoms with Crippen LogP contribution in [0, 0.1) is 0 Å². The third-order valence-electron chi connectivity index (χ3n) is 1.74. The van der Waals surface area contributed by atoms with Crippen molar-refractivity contribution in [3.8, 4) is 17.2 Å². The van der Waals surface area contributed by atoms with Crippen LogP contribution in [0.25, 0.3) is 6.08 Å². The summed E-state index contributed by atoms with van der Waals surface area (Å²) in [6.07, 6.45) is 3.48. The minimum Gasteiger partial charge on any atom is -0.504 e. The molecule has 0 spiro atoms. The number of benzene rings is 1. The Kier molecular flexibility index (Phi) is 3.36. The predicted octanol–water partition coefficient (Wildman–Crippen LogP) is 1.08. The van der Waals surface area contributed by atoms with Crippen molar-refractivity contribution in [2.24, 2.45) is 5.73 Å². The quantitative estimate of drug-likeness (QED) is 0.631. The molecule has 1 aromatic rings. The highest BCUT2D eigenvalue weighted by molar-refractivity contribution is 5.61. The summed E-state index contributed by atoms with van der Waals surface area (Å²) in [6, 6.07) is 3.05. The Balaban J connectivity index is 3.09. The van der Waals surface area contributed by atoms with Gasteiger partial charge in [0.05, 0.1) is 7.11 Å². The molecule has 76 valence electrons. The van der Waals surface area contributed by atoms with E-state index in [1.807, 2.05) is 0 Å². The Morgan fingerprint density at radius 2 is 2.14 bits per heavy atom. The van der Waals surface area contributed by atoms with Crippen LogP contribution in [0.5, 0.6) is 17.2 Å². The van der Waals surface area contributed by atoms with Gasteiger partial charge in [0, 0.05) is 6.54 Å². The normalized spacial score (nSPS) is 10.7. The fourth-order valence-corrected chi connectivity index (χ4v) is 1.07. The predicted molar refractivity (Wildman–Crippen MR) is 54.4 cm³/mol. The van der Waals surface area contributed by atoms with Crippen molar-refractivity contribution in [3.63, 3.8) is 0 Å². The van der Waals surface area contributed by atoms with Gasteiger partial charge in [-0.25, -0.2) is 0 Å². The second kappa shape index (κ2) is 4.53. The van der Waals surface area contributed by atoms with E-state index < -0.39 is 0 Å². The van der Waals surface area contributed by atoms with Gasteiger partial charge in [-0.2, -0.15) is 0 Å². The number of phenols is 2. The third-order valence-corrected chi connectivity index (χ3v) is 1.74. The second-order valence-corrected chi connectivity index (χ2v) is 2.73. The molecule has 1 aromatic carbocycles. The number of phenolic OH excluding ortho intramolecular Hbond substituents is 2. The molecule has 0 aliphatic carbocycles. The molecule has 4 N–H and O–H groups in total. The molecular formula is C10H13NO3. The van der Waals surface area contributed by atoms with E-state index in [9.17, 15) is 10.2 Å². The molecule has 0 amide bonds. The lowest BCUT2D eigenvalue weighted by atomic mass is 10.1. The lowest BCUT2D eigenvalue weighted by Crippen LogP contribution is -1.92. The highest BCUT2D eigenvalue weighted by atomic mass is 16.5. The zero-order valence-electron chi connectivity index (χ0n) is 7.90. The van der Waals surface area contributed by atoms with Crippen LogP contribution in [0.15, 0.2) is 18.2 Å². The molecule has 0 bridgehead atoms. The minimum absolute atomic E-state index is 0.207. The summed E-state index contributed by atoms with van der Waals surface area (Å²) in [7, 11) is 1.42. The smallest absolute Gasteiger partial charge is 0.200 e. The van der Waals surface area contributed by atoms with E-state index in [2.05, 4.69) is 0 Å². The van der Waals surface area contributed by atoms with Gasteiger partial charge >= 0.3 is 0 Å². The molecule has 0 fully saturated rings. The van der Waals surface area contributed by atoms with Crippen LogP contribution in [-0.4, -0.2) is 23.9 Å². The summed E-state index contributed by atoms with van der Waals surface area (Å²) in [5, 5.41) is 18.6. The summed E-state index contributed by atoms with van der Waals surface area (Å²) in [6.45, 7) is 0.421. The van der Waals surface area contributed by atoms with Gasteiger partial charge in [0.1, 0.15) is 0 Å². The number of nitrogens with two attached hydrogens (primary N) is 1. The van der Waals surface area contributed by atoms with Crippen LogP contribution in [0.2, 0.25) is 0 Å². The van der Waals surface area contributed by atoms with Gasteiger partial charge in [-0.1, -0.05) is 12.2 Å². The molecule has 0 aromatic heterocycles. The van der Waals surface area contributed by atoms with Gasteiger partial charge in [-0.15, -0.1) is 0 Å². The average Bonchev–Trinajstić information content (AvgIpc) is 2.19. The van der Waals surface area contributed by atoms with E-state index in [0.29, 0.717) is 6.54 Å². The van der Waals surface area contributed by atoms with Gasteiger partial charge in [0.2, 0.25) is 5.75 Å². The van der Waals surface area contributed by atoms with Gasteiger partial charge < -0.3 is 20.7 Å². The van der Waals surface area contributed by atoms with Crippen LogP contribution < -0.4 is 10.5 Å². The number of hydrogen-bond acceptors (Lipinski definition) is 4. The molecule has 0 aliphatic heterocycles. The van der Waals surface area contributed by atoms with Gasteiger partial charge in [-0.3, -0.25) is 0 Å². The lowest BCUT2D eigenvalue weighted by molar-refractivity contribution is 0.351. The average molecular weight is 195 g/mol. The van der Waals surface area contributed by atoms with Crippen LogP contribution in [0.4, 0.5) is 0 Å². The number of rotatable bonds is 3. The number of methoxy groups -OCH3 is 1. The molecule has 0 radical (unpaired) electrons. The first-order chi connectivity index (χ1) is 6.69. The van der Waals surface area contributed by atoms with Crippen molar-refractivity contribution in [3.05, 3.63) is 23.8 Å². The van der Waals surface area contributed by atoms with Crippen LogP contribution in [-0.2, 0) is 0 Å². The topological polar surface area (TPSA) is 75.7 Å². The minimum atomic E-state index is -0.252. The van der Waals surface area contributed by atoms with E-state index >= 15 is 0 Å². The van der Waals surface area contributed by atoms with Crippen LogP contribution >= 0.6 is 0 Å². The summed E-state index contributed by atoms with van der Waals surface area (Å²) >= 11 is 0. The first-order valence-electron chi connectivity index (χ1n) is 4.15. The molecule has 0 heterocycles. The fourth-order valence-electron chi connectivity index (χ4n) is 1.07. The number of hydrogen-bond donors (Lipinski definition) is 3. The molecule has 0 saturated carbocycles. The van der Waals surface area contributed by atoms with Crippen LogP contribution in [0.3, 0.4) is 0 Å². The SMILES string of the molecule is COc1cc(C=CCN)cc(O)c1O. The number of ether oxygens (including phenoxy) is 1. The highest BCUT2D eigenvalue weighted by Crippen LogP contribution is 2.36. The van der Waals surface area contributed by atoms with E-state index in [1.165, 1.54) is 13.2 Å². The zero-order chi connectivity index (χ0) is 10.6. The maximum atomic E-state index is 9.32. The molecular weight excluding hydrogens is 182 g/mol. The summed E-state index contributed by atoms with van der Waals surface area (Å²) in [4.78, 5) is 0. The van der Waals surface area contributed by atoms with Crippen molar-refractivity contribution in [2.45, 2.75) is 0 Å². The zero-order valence-corrected chi connectivity index (χ0v) is 7.90. The Bertz CT molecular complexity index is 347. The molecule has 0 atom stereocenters. The standard InChI is InChI=1S/C10H13NO3/c1-14-9-6-7(3-2-4-11)5-8(12)10(9)13/h2-3,5-6,12-13H,4,11H2,1H3. The van der Waals surface area contributed by atoms with Crippen molar-refractivity contribution < 1.29 is 14.9 Å². The van der Waals surface area contributed by atoms with Gasteiger partial charge in [0.25, 0.3) is 0 Å². The summed E-state index contributed by atoms with van der Waals surface area (Å²) < 4.78 is 4.87. The van der Waals surface area contributed by atoms with E-state index in [-0.39, 0.29) is 17.2 Å². The molecule has 1 rings (SSSR count). The summed E-state index contributed by atoms with van der Waals surface area (Å²) in [5.41, 5.74) is 6.01. The molecule has 0 unspecified atom stereocenters. The molecule has 0 saturated heterocycles. The monoisotopic (exact) mass is 195 g/mol. The Morgan fingerprint density at radius 3 is 2.71 bits per heavy atom. The van der Waals surface area contributed by atoms with Crippen molar-refractivity contribution in [1.82, 2.24) is 0 Å². The van der Waals surface area contributed by atoms with Crippen LogP contribution in [0.1, 0.15) is 5.56 Å². The molecule has 4 heteroatoms. The first-order valence-corrected chi connectivity index (χ1v) is 4.15. The van der Waals surface area contributed by atoms with Crippen molar-refractivity contribution in [1.29, 1.82) is 0 Å². The molecule has 0 aliphatic rings. The Morgan fingerprint density at radius 1 is 1.43 bits per heavy atom. The molecule has 4 nitrogen and oxygen atoms in total.